The van der Waals surface area contributed by atoms with Crippen LogP contribution in [0.1, 0.15) is 18.1 Å². The summed E-state index contributed by atoms with van der Waals surface area (Å²) in [5, 5.41) is 16.3. The summed E-state index contributed by atoms with van der Waals surface area (Å²) in [7, 11) is 3.18. The molecule has 0 spiro atoms. The van der Waals surface area contributed by atoms with Gasteiger partial charge in [0.05, 0.1) is 20.8 Å². The molecule has 0 aromatic heterocycles. The molecule has 0 heterocycles. The number of phenolic OH excluding ortho intramolecular Hbond substituents is 1. The number of ether oxygens (including phenoxy) is 2. The van der Waals surface area contributed by atoms with Crippen LogP contribution in [-0.2, 0) is 13.1 Å². The van der Waals surface area contributed by atoms with Crippen LogP contribution in [0.25, 0.3) is 0 Å². The van der Waals surface area contributed by atoms with E-state index in [4.69, 9.17) is 9.47 Å². The molecule has 0 aliphatic carbocycles. The molecule has 25 heavy (non-hydrogen) atoms. The second-order valence-corrected chi connectivity index (χ2v) is 5.40. The first kappa shape index (κ1) is 18.4. The van der Waals surface area contributed by atoms with E-state index in [-0.39, 0.29) is 5.75 Å². The van der Waals surface area contributed by atoms with Crippen LogP contribution in [0.4, 0.5) is 0 Å². The molecule has 0 saturated heterocycles. The van der Waals surface area contributed by atoms with Gasteiger partial charge in [-0.05, 0) is 42.3 Å². The molecule has 3 N–H and O–H groups in total. The number of rotatable bonds is 7. The molecule has 134 valence electrons. The predicted octanol–water partition coefficient (Wildman–Crippen LogP) is 2.66. The Morgan fingerprint density at radius 2 is 1.72 bits per heavy atom. The molecule has 0 atom stereocenters. The zero-order valence-corrected chi connectivity index (χ0v) is 14.9. The van der Waals surface area contributed by atoms with Crippen LogP contribution in [0.15, 0.2) is 47.5 Å². The van der Waals surface area contributed by atoms with Crippen molar-refractivity contribution < 1.29 is 14.6 Å². The summed E-state index contributed by atoms with van der Waals surface area (Å²) in [4.78, 5) is 4.55. The Labute approximate surface area is 148 Å². The fourth-order valence-electron chi connectivity index (χ4n) is 2.28. The topological polar surface area (TPSA) is 75.1 Å². The van der Waals surface area contributed by atoms with E-state index >= 15 is 0 Å². The maximum Gasteiger partial charge on any atom is 0.191 e. The van der Waals surface area contributed by atoms with Crippen LogP contribution < -0.4 is 20.1 Å². The molecule has 0 aliphatic heterocycles. The number of hydrogen-bond acceptors (Lipinski definition) is 4. The van der Waals surface area contributed by atoms with Crippen molar-refractivity contribution in [2.45, 2.75) is 20.0 Å². The van der Waals surface area contributed by atoms with Gasteiger partial charge >= 0.3 is 0 Å². The summed E-state index contributed by atoms with van der Waals surface area (Å²) < 4.78 is 10.2. The van der Waals surface area contributed by atoms with Gasteiger partial charge in [-0.1, -0.05) is 18.2 Å². The molecule has 2 rings (SSSR count). The van der Waals surface area contributed by atoms with Crippen molar-refractivity contribution in [2.75, 3.05) is 20.8 Å². The van der Waals surface area contributed by atoms with Crippen LogP contribution in [0.5, 0.6) is 17.2 Å². The second kappa shape index (κ2) is 9.42. The highest BCUT2D eigenvalue weighted by Gasteiger charge is 2.03. The van der Waals surface area contributed by atoms with Gasteiger partial charge < -0.3 is 25.2 Å². The first-order valence-electron chi connectivity index (χ1n) is 8.17. The van der Waals surface area contributed by atoms with Gasteiger partial charge in [0.1, 0.15) is 5.75 Å². The predicted molar refractivity (Wildman–Crippen MR) is 99.3 cm³/mol. The molecule has 6 heteroatoms. The third-order valence-electron chi connectivity index (χ3n) is 3.63. The average Bonchev–Trinajstić information content (AvgIpc) is 2.64. The lowest BCUT2D eigenvalue weighted by atomic mass is 10.2. The molecule has 0 amide bonds. The zero-order chi connectivity index (χ0) is 18.1. The normalized spacial score (nSPS) is 11.1. The Morgan fingerprint density at radius 3 is 2.32 bits per heavy atom. The summed E-state index contributed by atoms with van der Waals surface area (Å²) >= 11 is 0. The molecular weight excluding hydrogens is 318 g/mol. The number of aromatic hydroxyl groups is 1. The summed E-state index contributed by atoms with van der Waals surface area (Å²) in [6.45, 7) is 3.89. The molecule has 0 radical (unpaired) electrons. The minimum atomic E-state index is 0.117. The van der Waals surface area contributed by atoms with Gasteiger partial charge in [0, 0.05) is 13.1 Å². The quantitative estimate of drug-likeness (QED) is 0.532. The van der Waals surface area contributed by atoms with Crippen molar-refractivity contribution in [1.82, 2.24) is 10.6 Å². The minimum absolute atomic E-state index is 0.117. The highest BCUT2D eigenvalue weighted by molar-refractivity contribution is 5.79. The van der Waals surface area contributed by atoms with Crippen molar-refractivity contribution >= 4 is 5.96 Å². The van der Waals surface area contributed by atoms with Gasteiger partial charge in [-0.3, -0.25) is 0 Å². The molecule has 6 nitrogen and oxygen atoms in total. The van der Waals surface area contributed by atoms with Crippen LogP contribution in [0.3, 0.4) is 0 Å². The van der Waals surface area contributed by atoms with Crippen LogP contribution >= 0.6 is 0 Å². The third kappa shape index (κ3) is 5.60. The van der Waals surface area contributed by atoms with E-state index in [1.54, 1.807) is 19.2 Å². The van der Waals surface area contributed by atoms with E-state index in [1.807, 2.05) is 37.3 Å². The van der Waals surface area contributed by atoms with E-state index in [1.165, 1.54) is 7.11 Å². The largest absolute Gasteiger partial charge is 0.504 e. The second-order valence-electron chi connectivity index (χ2n) is 5.40. The number of hydrogen-bond donors (Lipinski definition) is 3. The minimum Gasteiger partial charge on any atom is -0.504 e. The van der Waals surface area contributed by atoms with Crippen molar-refractivity contribution in [1.29, 1.82) is 0 Å². The van der Waals surface area contributed by atoms with Crippen molar-refractivity contribution in [2.24, 2.45) is 4.99 Å². The first-order valence-corrected chi connectivity index (χ1v) is 8.17. The lowest BCUT2D eigenvalue weighted by Crippen LogP contribution is -2.36. The van der Waals surface area contributed by atoms with E-state index in [0.29, 0.717) is 24.8 Å². The summed E-state index contributed by atoms with van der Waals surface area (Å²) in [6.07, 6.45) is 0. The Bertz CT molecular complexity index is 700. The Balaban J connectivity index is 1.98. The number of nitrogens with one attached hydrogen (secondary N) is 2. The molecule has 0 unspecified atom stereocenters. The molecule has 0 fully saturated rings. The van der Waals surface area contributed by atoms with Gasteiger partial charge in [0.25, 0.3) is 0 Å². The summed E-state index contributed by atoms with van der Waals surface area (Å²) in [6, 6.07) is 13.2. The molecule has 2 aromatic rings. The molecule has 0 aliphatic rings. The van der Waals surface area contributed by atoms with Gasteiger partial charge in [-0.2, -0.15) is 0 Å². The van der Waals surface area contributed by atoms with Crippen molar-refractivity contribution in [3.05, 3.63) is 53.6 Å². The van der Waals surface area contributed by atoms with Gasteiger partial charge in [0.2, 0.25) is 0 Å². The smallest absolute Gasteiger partial charge is 0.191 e. The van der Waals surface area contributed by atoms with E-state index in [2.05, 4.69) is 15.6 Å². The van der Waals surface area contributed by atoms with Crippen LogP contribution in [0, 0.1) is 0 Å². The Morgan fingerprint density at radius 1 is 1.00 bits per heavy atom. The number of benzene rings is 2. The molecule has 2 aromatic carbocycles. The van der Waals surface area contributed by atoms with Crippen molar-refractivity contribution in [3.8, 4) is 17.2 Å². The fourth-order valence-corrected chi connectivity index (χ4v) is 2.28. The maximum absolute atomic E-state index is 9.84. The SMILES string of the molecule is CCNC(=NCc1ccc(OC)c(O)c1)NCc1ccc(OC)cc1. The Hall–Kier alpha value is -2.89. The molecular formula is C19H25N3O3. The number of nitrogens with zero attached hydrogens (tertiary/aromatic N) is 1. The molecule has 0 bridgehead atoms. The van der Waals surface area contributed by atoms with E-state index in [0.717, 1.165) is 23.4 Å². The highest BCUT2D eigenvalue weighted by atomic mass is 16.5. The number of guanidine groups is 1. The fraction of sp³-hybridized carbons (Fsp3) is 0.316. The summed E-state index contributed by atoms with van der Waals surface area (Å²) in [5.41, 5.74) is 2.04. The average molecular weight is 343 g/mol. The number of phenols is 1. The van der Waals surface area contributed by atoms with Gasteiger partial charge in [0.15, 0.2) is 17.5 Å². The molecule has 0 saturated carbocycles. The van der Waals surface area contributed by atoms with Crippen LogP contribution in [0.2, 0.25) is 0 Å². The van der Waals surface area contributed by atoms with E-state index < -0.39 is 0 Å². The van der Waals surface area contributed by atoms with Crippen LogP contribution in [-0.4, -0.2) is 31.8 Å². The van der Waals surface area contributed by atoms with Gasteiger partial charge in [-0.25, -0.2) is 4.99 Å². The first-order chi connectivity index (χ1) is 12.2. The zero-order valence-electron chi connectivity index (χ0n) is 14.9. The number of methoxy groups -OCH3 is 2. The highest BCUT2D eigenvalue weighted by Crippen LogP contribution is 2.26. The number of aliphatic imine (C=N–C) groups is 1. The standard InChI is InChI=1S/C19H25N3O3/c1-4-20-19(21-12-14-5-8-16(24-2)9-6-14)22-13-15-7-10-18(25-3)17(23)11-15/h5-11,23H,4,12-13H2,1-3H3,(H2,20,21,22). The monoisotopic (exact) mass is 343 g/mol. The lowest BCUT2D eigenvalue weighted by molar-refractivity contribution is 0.373. The third-order valence-corrected chi connectivity index (χ3v) is 3.63. The van der Waals surface area contributed by atoms with Crippen molar-refractivity contribution in [3.63, 3.8) is 0 Å². The van der Waals surface area contributed by atoms with E-state index in [9.17, 15) is 5.11 Å². The lowest BCUT2D eigenvalue weighted by Gasteiger charge is -2.12. The summed E-state index contributed by atoms with van der Waals surface area (Å²) in [5.74, 6) is 2.13. The van der Waals surface area contributed by atoms with Gasteiger partial charge in [-0.15, -0.1) is 0 Å². The maximum atomic E-state index is 9.84. The Kier molecular flexibility index (Phi) is 6.95.